The van der Waals surface area contributed by atoms with Crippen LogP contribution in [-0.2, 0) is 0 Å². The van der Waals surface area contributed by atoms with Gasteiger partial charge in [0.15, 0.2) is 0 Å². The van der Waals surface area contributed by atoms with Gasteiger partial charge in [0.2, 0.25) is 11.7 Å². The number of benzene rings is 2. The molecule has 1 aromatic heterocycles. The van der Waals surface area contributed by atoms with Crippen molar-refractivity contribution in [3.8, 4) is 22.9 Å². The molecule has 0 unspecified atom stereocenters. The van der Waals surface area contributed by atoms with Crippen molar-refractivity contribution in [1.29, 1.82) is 0 Å². The topological polar surface area (TPSA) is 80.9 Å². The number of nitrogens with zero attached hydrogens (tertiary/aromatic N) is 3. The summed E-state index contributed by atoms with van der Waals surface area (Å²) in [7, 11) is 1.64. The molecule has 2 aromatic carbocycles. The van der Waals surface area contributed by atoms with Crippen molar-refractivity contribution in [2.45, 2.75) is 31.8 Å². The molecule has 1 aliphatic rings. The zero-order valence-electron chi connectivity index (χ0n) is 18.0. The first kappa shape index (κ1) is 21.3. The van der Waals surface area contributed by atoms with Crippen molar-refractivity contribution in [1.82, 2.24) is 15.0 Å². The first-order valence-corrected chi connectivity index (χ1v) is 10.8. The first-order chi connectivity index (χ1) is 15.2. The molecule has 0 amide bonds. The zero-order chi connectivity index (χ0) is 21.6. The molecule has 1 fully saturated rings. The number of likely N-dealkylation sites (tertiary alicyclic amines) is 1. The zero-order valence-corrected chi connectivity index (χ0v) is 18.0. The smallest absolute Gasteiger partial charge is 0.230 e. The standard InChI is InChI=1S/C24H29N3O4/c1-3-30-21-10-4-17(5-11-21)22(28)16-27-14-12-19(13-15-27)24-25-23(26-31-24)18-6-8-20(29-2)9-7-18/h4-11,19,22,28H,3,12-16H2,1-2H3/t22-/m0/s1. The number of hydrogen-bond acceptors (Lipinski definition) is 7. The Bertz CT molecular complexity index is 948. The summed E-state index contributed by atoms with van der Waals surface area (Å²) < 4.78 is 16.2. The van der Waals surface area contributed by atoms with Crippen LogP contribution in [0, 0.1) is 0 Å². The molecule has 7 heteroatoms. The van der Waals surface area contributed by atoms with Crippen LogP contribution < -0.4 is 9.47 Å². The Hall–Kier alpha value is -2.90. The highest BCUT2D eigenvalue weighted by atomic mass is 16.5. The van der Waals surface area contributed by atoms with Crippen LogP contribution in [0.2, 0.25) is 0 Å². The number of β-amino-alcohol motifs (C(OH)–C–C–N with tert-alkyl or cyclic N) is 1. The van der Waals surface area contributed by atoms with Crippen LogP contribution in [0.3, 0.4) is 0 Å². The highest BCUT2D eigenvalue weighted by molar-refractivity contribution is 5.55. The van der Waals surface area contributed by atoms with Crippen molar-refractivity contribution < 1.29 is 19.1 Å². The van der Waals surface area contributed by atoms with Crippen LogP contribution in [-0.4, -0.2) is 53.5 Å². The summed E-state index contributed by atoms with van der Waals surface area (Å²) >= 11 is 0. The predicted octanol–water partition coefficient (Wildman–Crippen LogP) is 4.06. The van der Waals surface area contributed by atoms with E-state index in [1.807, 2.05) is 55.5 Å². The minimum Gasteiger partial charge on any atom is -0.497 e. The van der Waals surface area contributed by atoms with Crippen molar-refractivity contribution in [3.63, 3.8) is 0 Å². The molecule has 0 bridgehead atoms. The van der Waals surface area contributed by atoms with Gasteiger partial charge in [0.05, 0.1) is 19.8 Å². The fraction of sp³-hybridized carbons (Fsp3) is 0.417. The molecule has 1 N–H and O–H groups in total. The lowest BCUT2D eigenvalue weighted by Crippen LogP contribution is -2.36. The Morgan fingerprint density at radius 3 is 2.39 bits per heavy atom. The van der Waals surface area contributed by atoms with E-state index in [9.17, 15) is 5.11 Å². The van der Waals surface area contributed by atoms with Crippen LogP contribution in [0.1, 0.15) is 43.2 Å². The normalized spacial score (nSPS) is 16.2. The molecular formula is C24H29N3O4. The molecule has 31 heavy (non-hydrogen) atoms. The molecule has 4 rings (SSSR count). The number of rotatable bonds is 8. The predicted molar refractivity (Wildman–Crippen MR) is 117 cm³/mol. The number of piperidine rings is 1. The number of methoxy groups -OCH3 is 1. The molecule has 2 heterocycles. The van der Waals surface area contributed by atoms with Crippen LogP contribution in [0.25, 0.3) is 11.4 Å². The van der Waals surface area contributed by atoms with E-state index in [4.69, 9.17) is 14.0 Å². The quantitative estimate of drug-likeness (QED) is 0.585. The maximum atomic E-state index is 10.6. The fourth-order valence-electron chi connectivity index (χ4n) is 3.92. The van der Waals surface area contributed by atoms with Gasteiger partial charge in [0.1, 0.15) is 11.5 Å². The summed E-state index contributed by atoms with van der Waals surface area (Å²) in [6.07, 6.45) is 1.35. The van der Waals surface area contributed by atoms with Gasteiger partial charge in [0, 0.05) is 18.0 Å². The first-order valence-electron chi connectivity index (χ1n) is 10.8. The van der Waals surface area contributed by atoms with Crippen LogP contribution in [0.15, 0.2) is 53.1 Å². The Morgan fingerprint density at radius 1 is 1.06 bits per heavy atom. The lowest BCUT2D eigenvalue weighted by molar-refractivity contribution is 0.0941. The molecule has 164 valence electrons. The minimum atomic E-state index is -0.516. The molecule has 1 saturated heterocycles. The molecule has 3 aromatic rings. The van der Waals surface area contributed by atoms with Crippen LogP contribution in [0.5, 0.6) is 11.5 Å². The Balaban J connectivity index is 1.30. The summed E-state index contributed by atoms with van der Waals surface area (Å²) in [4.78, 5) is 6.91. The Labute approximate surface area is 182 Å². The van der Waals surface area contributed by atoms with Gasteiger partial charge in [-0.15, -0.1) is 0 Å². The maximum Gasteiger partial charge on any atom is 0.230 e. The SMILES string of the molecule is CCOc1ccc([C@@H](O)CN2CCC(c3nc(-c4ccc(OC)cc4)no3)CC2)cc1. The molecule has 7 nitrogen and oxygen atoms in total. The van der Waals surface area contributed by atoms with Gasteiger partial charge >= 0.3 is 0 Å². The van der Waals surface area contributed by atoms with Gasteiger partial charge in [-0.25, -0.2) is 0 Å². The van der Waals surface area contributed by atoms with E-state index in [2.05, 4.69) is 15.0 Å². The van der Waals surface area contributed by atoms with Crippen molar-refractivity contribution in [3.05, 3.63) is 60.0 Å². The second kappa shape index (κ2) is 9.94. The van der Waals surface area contributed by atoms with Crippen molar-refractivity contribution >= 4 is 0 Å². The van der Waals surface area contributed by atoms with Gasteiger partial charge in [-0.2, -0.15) is 4.98 Å². The summed E-state index contributed by atoms with van der Waals surface area (Å²) in [5.74, 6) is 3.17. The monoisotopic (exact) mass is 423 g/mol. The van der Waals surface area contributed by atoms with Crippen molar-refractivity contribution in [2.24, 2.45) is 0 Å². The molecule has 0 saturated carbocycles. The van der Waals surface area contributed by atoms with Gasteiger partial charge < -0.3 is 24.0 Å². The third-order valence-corrected chi connectivity index (χ3v) is 5.73. The summed E-state index contributed by atoms with van der Waals surface area (Å²) in [6, 6.07) is 15.3. The van der Waals surface area contributed by atoms with Gasteiger partial charge in [-0.3, -0.25) is 0 Å². The van der Waals surface area contributed by atoms with Gasteiger partial charge in [-0.05, 0) is 74.8 Å². The van der Waals surface area contributed by atoms with E-state index < -0.39 is 6.10 Å². The Kier molecular flexibility index (Phi) is 6.84. The van der Waals surface area contributed by atoms with Crippen LogP contribution >= 0.6 is 0 Å². The van der Waals surface area contributed by atoms with E-state index in [1.54, 1.807) is 7.11 Å². The number of aliphatic hydroxyl groups excluding tert-OH is 1. The molecule has 1 atom stereocenters. The van der Waals surface area contributed by atoms with Crippen LogP contribution in [0.4, 0.5) is 0 Å². The fourth-order valence-corrected chi connectivity index (χ4v) is 3.92. The lowest BCUT2D eigenvalue weighted by atomic mass is 9.96. The van der Waals surface area contributed by atoms with E-state index >= 15 is 0 Å². The van der Waals surface area contributed by atoms with Gasteiger partial charge in [0.25, 0.3) is 0 Å². The number of aliphatic hydroxyl groups is 1. The molecule has 0 aliphatic carbocycles. The average molecular weight is 424 g/mol. The number of ether oxygens (including phenoxy) is 2. The highest BCUT2D eigenvalue weighted by Crippen LogP contribution is 2.30. The highest BCUT2D eigenvalue weighted by Gasteiger charge is 2.26. The molecular weight excluding hydrogens is 394 g/mol. The largest absolute Gasteiger partial charge is 0.497 e. The summed E-state index contributed by atoms with van der Waals surface area (Å²) in [5, 5.41) is 14.8. The average Bonchev–Trinajstić information content (AvgIpc) is 3.31. The maximum absolute atomic E-state index is 10.6. The van der Waals surface area contributed by atoms with E-state index in [-0.39, 0.29) is 5.92 Å². The van der Waals surface area contributed by atoms with E-state index in [0.29, 0.717) is 24.9 Å². The van der Waals surface area contributed by atoms with Crippen molar-refractivity contribution in [2.75, 3.05) is 33.4 Å². The second-order valence-corrected chi connectivity index (χ2v) is 7.78. The lowest BCUT2D eigenvalue weighted by Gasteiger charge is -2.31. The summed E-state index contributed by atoms with van der Waals surface area (Å²) in [6.45, 7) is 4.98. The third kappa shape index (κ3) is 5.24. The molecule has 1 aliphatic heterocycles. The molecule has 0 spiro atoms. The summed E-state index contributed by atoms with van der Waals surface area (Å²) in [5.41, 5.74) is 1.82. The minimum absolute atomic E-state index is 0.248. The van der Waals surface area contributed by atoms with E-state index in [0.717, 1.165) is 48.6 Å². The second-order valence-electron chi connectivity index (χ2n) is 7.78. The number of aromatic nitrogens is 2. The third-order valence-electron chi connectivity index (χ3n) is 5.73. The van der Waals surface area contributed by atoms with E-state index in [1.165, 1.54) is 0 Å². The Morgan fingerprint density at radius 2 is 1.74 bits per heavy atom. The number of hydrogen-bond donors (Lipinski definition) is 1. The van der Waals surface area contributed by atoms with Gasteiger partial charge in [-0.1, -0.05) is 17.3 Å². The molecule has 0 radical (unpaired) electrons.